The number of halogens is 3. The Balaban J connectivity index is 0.000000450. The number of carbonyl (C=O) groups is 2. The van der Waals surface area contributed by atoms with Crippen LogP contribution in [0.25, 0.3) is 0 Å². The van der Waals surface area contributed by atoms with Gasteiger partial charge in [-0.15, -0.1) is 0 Å². The van der Waals surface area contributed by atoms with Crippen LogP contribution < -0.4 is 0 Å². The summed E-state index contributed by atoms with van der Waals surface area (Å²) < 4.78 is 74.4. The molecule has 0 N–H and O–H groups in total. The van der Waals surface area contributed by atoms with Crippen LogP contribution in [0.15, 0.2) is 60.7 Å². The number of hydrogen-bond acceptors (Lipinski definition) is 7. The van der Waals surface area contributed by atoms with Gasteiger partial charge in [-0.3, -0.25) is 4.79 Å². The van der Waals surface area contributed by atoms with Crippen molar-refractivity contribution in [1.29, 1.82) is 0 Å². The molecule has 2 amide bonds. The van der Waals surface area contributed by atoms with Gasteiger partial charge in [0.1, 0.15) is 6.61 Å². The normalized spacial score (nSPS) is 18.4. The van der Waals surface area contributed by atoms with Gasteiger partial charge in [-0.2, -0.15) is 21.6 Å². The minimum Gasteiger partial charge on any atom is -0.447 e. The van der Waals surface area contributed by atoms with Gasteiger partial charge in [0.15, 0.2) is 8.32 Å². The largest absolute Gasteiger partial charge is 0.522 e. The third-order valence-electron chi connectivity index (χ3n) is 9.74. The fourth-order valence-corrected chi connectivity index (χ4v) is 9.74. The first-order chi connectivity index (χ1) is 21.6. The average Bonchev–Trinajstić information content (AvgIpc) is 3.30. The molecule has 3 rings (SSSR count). The highest BCUT2D eigenvalue weighted by molar-refractivity contribution is 7.88. The van der Waals surface area contributed by atoms with E-state index in [2.05, 4.69) is 37.7 Å². The van der Waals surface area contributed by atoms with Crippen LogP contribution in [0, 0.1) is 5.92 Å². The molecule has 270 valence electrons. The number of cyclic esters (lactones) is 1. The van der Waals surface area contributed by atoms with Gasteiger partial charge >= 0.3 is 21.7 Å². The Morgan fingerprint density at radius 1 is 0.875 bits per heavy atom. The summed E-state index contributed by atoms with van der Waals surface area (Å²) in [6.07, 6.45) is -0.00794. The summed E-state index contributed by atoms with van der Waals surface area (Å²) in [5.74, 6) is -0.846. The number of rotatable bonds is 9. The van der Waals surface area contributed by atoms with E-state index < -0.39 is 54.9 Å². The van der Waals surface area contributed by atoms with Crippen LogP contribution in [0.4, 0.5) is 18.0 Å². The van der Waals surface area contributed by atoms with Crippen LogP contribution in [0.3, 0.4) is 0 Å². The predicted molar refractivity (Wildman–Crippen MR) is 187 cm³/mol. The monoisotopic (exact) mass is 731 g/mol. The van der Waals surface area contributed by atoms with Crippen LogP contribution in [0.5, 0.6) is 0 Å². The topological polar surface area (TPSA) is 99.2 Å². The van der Waals surface area contributed by atoms with Gasteiger partial charge in [-0.05, 0) is 60.7 Å². The third-order valence-corrected chi connectivity index (χ3v) is 21.0. The molecule has 1 saturated heterocycles. The van der Waals surface area contributed by atoms with E-state index in [1.54, 1.807) is 20.8 Å². The van der Waals surface area contributed by atoms with Crippen molar-refractivity contribution >= 4 is 38.8 Å². The number of ether oxygens (including phenoxy) is 1. The molecule has 2 unspecified atom stereocenters. The molecule has 0 saturated carbocycles. The highest BCUT2D eigenvalue weighted by Crippen LogP contribution is 2.45. The Labute approximate surface area is 286 Å². The molecule has 3 atom stereocenters. The molecule has 0 radical (unpaired) electrons. The molecule has 14 heteroatoms. The summed E-state index contributed by atoms with van der Waals surface area (Å²) in [4.78, 5) is 27.9. The van der Waals surface area contributed by atoms with Gasteiger partial charge in [0.25, 0.3) is 0 Å². The van der Waals surface area contributed by atoms with E-state index in [4.69, 9.17) is 9.16 Å². The lowest BCUT2D eigenvalue weighted by molar-refractivity contribution is -0.140. The molecule has 8 nitrogen and oxygen atoms in total. The molecule has 0 aromatic heterocycles. The van der Waals surface area contributed by atoms with Crippen LogP contribution in [0.2, 0.25) is 36.3 Å². The Bertz CT molecular complexity index is 1510. The fourth-order valence-electron chi connectivity index (χ4n) is 4.51. The number of amides is 2. The minimum atomic E-state index is -5.48. The Morgan fingerprint density at radius 3 is 1.77 bits per heavy atom. The van der Waals surface area contributed by atoms with Crippen LogP contribution in [-0.2, 0) is 40.0 Å². The second-order valence-corrected chi connectivity index (χ2v) is 26.7. The fraction of sp³-hybridized carbons (Fsp3) is 0.588. The summed E-state index contributed by atoms with van der Waals surface area (Å²) >= 11 is 0. The SMILES string of the molecule is CC(C)(C)[Si](C)(C)OS(=O)(=O)C(F)(F)F.C[C@H](C(=O)N1C(=O)OCC1Cc1ccccc1)C(C)(O[Si](C)(C)C(C)(C)C)c1ccccc1. The van der Waals surface area contributed by atoms with Crippen LogP contribution in [0.1, 0.15) is 66.5 Å². The van der Waals surface area contributed by atoms with E-state index in [1.807, 2.05) is 74.5 Å². The van der Waals surface area contributed by atoms with Crippen molar-refractivity contribution in [1.82, 2.24) is 4.90 Å². The van der Waals surface area contributed by atoms with E-state index in [0.717, 1.165) is 11.1 Å². The molecule has 1 heterocycles. The number of nitrogens with zero attached hydrogens (tertiary/aromatic N) is 1. The summed E-state index contributed by atoms with van der Waals surface area (Å²) in [5.41, 5.74) is -4.23. The highest BCUT2D eigenvalue weighted by Gasteiger charge is 2.53. The van der Waals surface area contributed by atoms with Crippen molar-refractivity contribution in [3.8, 4) is 0 Å². The number of hydrogen-bond donors (Lipinski definition) is 0. The standard InChI is InChI=1S/C27H37NO4Si.C7H15F3O3SSi/c1-20(24(29)28-23(19-31-25(28)30)18-21-14-10-8-11-15-21)27(5,22-16-12-9-13-17-22)32-33(6,7)26(2,3)4;1-6(2,3)15(4,5)13-14(11,12)7(8,9)10/h8-17,20,23H,18-19H2,1-7H3;1-5H3/t20-,23?,27?;/m1./s1. The first kappa shape index (κ1) is 41.6. The lowest BCUT2D eigenvalue weighted by Gasteiger charge is -2.47. The Morgan fingerprint density at radius 2 is 1.33 bits per heavy atom. The van der Waals surface area contributed by atoms with Crippen LogP contribution >= 0.6 is 0 Å². The van der Waals surface area contributed by atoms with Gasteiger partial charge in [-0.25, -0.2) is 9.69 Å². The van der Waals surface area contributed by atoms with Gasteiger partial charge in [0.2, 0.25) is 14.2 Å². The maximum atomic E-state index is 13.9. The molecule has 1 aliphatic rings. The van der Waals surface area contributed by atoms with E-state index in [9.17, 15) is 31.2 Å². The van der Waals surface area contributed by atoms with Gasteiger partial charge in [0.05, 0.1) is 17.6 Å². The summed E-state index contributed by atoms with van der Waals surface area (Å²) in [6, 6.07) is 19.4. The van der Waals surface area contributed by atoms with Crippen LogP contribution in [-0.4, -0.2) is 60.1 Å². The molecule has 2 aromatic rings. The molecule has 1 aliphatic heterocycles. The van der Waals surface area contributed by atoms with Crippen molar-refractivity contribution in [2.24, 2.45) is 5.92 Å². The molecule has 2 aromatic carbocycles. The van der Waals surface area contributed by atoms with E-state index in [0.29, 0.717) is 6.42 Å². The zero-order valence-corrected chi connectivity index (χ0v) is 33.0. The Kier molecular flexibility index (Phi) is 12.8. The molecular formula is C34H52F3NO7SSi2. The quantitative estimate of drug-likeness (QED) is 0.188. The van der Waals surface area contributed by atoms with E-state index >= 15 is 0 Å². The molecule has 48 heavy (non-hydrogen) atoms. The molecule has 1 fully saturated rings. The number of carbonyl (C=O) groups excluding carboxylic acids is 2. The summed E-state index contributed by atoms with van der Waals surface area (Å²) in [7, 11) is -10.7. The third kappa shape index (κ3) is 9.80. The zero-order chi connectivity index (χ0) is 37.1. The maximum Gasteiger partial charge on any atom is 0.522 e. The molecule has 0 spiro atoms. The predicted octanol–water partition coefficient (Wildman–Crippen LogP) is 9.01. The highest BCUT2D eigenvalue weighted by atomic mass is 32.2. The minimum absolute atomic E-state index is 0.0335. The lowest BCUT2D eigenvalue weighted by atomic mass is 9.83. The first-order valence-corrected chi connectivity index (χ1v) is 23.1. The van der Waals surface area contributed by atoms with Gasteiger partial charge < -0.3 is 13.0 Å². The smallest absolute Gasteiger partial charge is 0.447 e. The van der Waals surface area contributed by atoms with Crippen molar-refractivity contribution in [2.75, 3.05) is 6.61 Å². The number of benzene rings is 2. The second kappa shape index (κ2) is 14.8. The van der Waals surface area contributed by atoms with E-state index in [-0.39, 0.29) is 23.6 Å². The van der Waals surface area contributed by atoms with E-state index in [1.165, 1.54) is 18.0 Å². The van der Waals surface area contributed by atoms with Gasteiger partial charge in [0, 0.05) is 0 Å². The second-order valence-electron chi connectivity index (χ2n) is 15.4. The van der Waals surface area contributed by atoms with Crippen molar-refractivity contribution in [3.63, 3.8) is 0 Å². The average molecular weight is 732 g/mol. The van der Waals surface area contributed by atoms with Crippen molar-refractivity contribution in [2.45, 2.75) is 115 Å². The van der Waals surface area contributed by atoms with Crippen molar-refractivity contribution in [3.05, 3.63) is 71.8 Å². The van der Waals surface area contributed by atoms with Crippen molar-refractivity contribution < 1.29 is 44.2 Å². The van der Waals surface area contributed by atoms with Gasteiger partial charge in [-0.1, -0.05) is 109 Å². The maximum absolute atomic E-state index is 13.9. The number of alkyl halides is 3. The Hall–Kier alpha value is -2.53. The summed E-state index contributed by atoms with van der Waals surface area (Å²) in [5, 5.41) is -0.625. The molecule has 0 aliphatic carbocycles. The molecule has 0 bridgehead atoms. The number of imide groups is 1. The zero-order valence-electron chi connectivity index (χ0n) is 30.2. The molecular weight excluding hydrogens is 680 g/mol. The first-order valence-electron chi connectivity index (χ1n) is 15.9. The summed E-state index contributed by atoms with van der Waals surface area (Å²) in [6.45, 7) is 22.8. The lowest BCUT2D eigenvalue weighted by Crippen LogP contribution is -2.54.